The van der Waals surface area contributed by atoms with Crippen LogP contribution < -0.4 is 26.6 Å². The predicted molar refractivity (Wildman–Crippen MR) is 168 cm³/mol. The second-order valence-electron chi connectivity index (χ2n) is 9.39. The maximum atomic E-state index is 8.90. The summed E-state index contributed by atoms with van der Waals surface area (Å²) in [7, 11) is 0. The van der Waals surface area contributed by atoms with Gasteiger partial charge in [0, 0.05) is 19.3 Å². The highest BCUT2D eigenvalue weighted by Crippen LogP contribution is 2.32. The van der Waals surface area contributed by atoms with Crippen molar-refractivity contribution in [1.82, 2.24) is 4.98 Å². The molecule has 0 saturated carbocycles. The molecule has 4 N–H and O–H groups in total. The van der Waals surface area contributed by atoms with Gasteiger partial charge in [0.2, 0.25) is 5.13 Å². The molecule has 2 aromatic carbocycles. The monoisotopic (exact) mass is 580 g/mol. The Morgan fingerprint density at radius 2 is 1.61 bits per heavy atom. The minimum absolute atomic E-state index is 0.0184. The summed E-state index contributed by atoms with van der Waals surface area (Å²) in [5, 5.41) is 29.2. The van der Waals surface area contributed by atoms with Crippen molar-refractivity contribution in [2.45, 2.75) is 26.7 Å². The molecule has 5 rings (SSSR count). The molecule has 12 heteroatoms. The maximum absolute atomic E-state index is 8.90. The molecule has 1 fully saturated rings. The first-order chi connectivity index (χ1) is 20.0. The topological polar surface area (TPSA) is 137 Å². The Bertz CT molecular complexity index is 1650. The van der Waals surface area contributed by atoms with Crippen LogP contribution >= 0.6 is 22.7 Å². The van der Waals surface area contributed by atoms with Crippen LogP contribution in [0.1, 0.15) is 28.8 Å². The number of benzene rings is 2. The average molecular weight is 581 g/mol. The van der Waals surface area contributed by atoms with Crippen molar-refractivity contribution in [2.75, 3.05) is 39.7 Å². The molecule has 1 aliphatic heterocycles. The third-order valence-electron chi connectivity index (χ3n) is 6.39. The molecule has 0 aliphatic carbocycles. The first kappa shape index (κ1) is 27.6. The number of aryl methyl sites for hydroxylation is 2. The van der Waals surface area contributed by atoms with Crippen LogP contribution in [0.4, 0.5) is 37.9 Å². The van der Waals surface area contributed by atoms with E-state index in [0.717, 1.165) is 52.0 Å². The number of aromatic nitrogens is 1. The van der Waals surface area contributed by atoms with Gasteiger partial charge in [-0.25, -0.2) is 4.98 Å². The van der Waals surface area contributed by atoms with E-state index in [1.54, 1.807) is 17.5 Å². The highest BCUT2D eigenvalue weighted by Gasteiger charge is 2.14. The lowest BCUT2D eigenvalue weighted by Crippen LogP contribution is -2.15. The minimum Gasteiger partial charge on any atom is -0.363 e. The molecule has 3 heterocycles. The molecule has 0 atom stereocenters. The van der Waals surface area contributed by atoms with E-state index in [4.69, 9.17) is 10.5 Å². The number of rotatable bonds is 10. The number of hydrogen-bond acceptors (Lipinski definition) is 12. The van der Waals surface area contributed by atoms with E-state index in [-0.39, 0.29) is 5.57 Å². The molecule has 0 amide bonds. The quantitative estimate of drug-likeness (QED) is 0.0838. The Kier molecular flexibility index (Phi) is 8.74. The van der Waals surface area contributed by atoms with Gasteiger partial charge >= 0.3 is 0 Å². The Balaban J connectivity index is 1.14. The van der Waals surface area contributed by atoms with Gasteiger partial charge in [-0.15, -0.1) is 10.2 Å². The fraction of sp³-hybridized carbons (Fsp3) is 0.207. The number of thiazole rings is 1. The van der Waals surface area contributed by atoms with E-state index in [2.05, 4.69) is 66.9 Å². The van der Waals surface area contributed by atoms with E-state index in [1.165, 1.54) is 35.3 Å². The molecule has 1 aliphatic rings. The second-order valence-corrected chi connectivity index (χ2v) is 11.5. The highest BCUT2D eigenvalue weighted by molar-refractivity contribution is 7.20. The number of hydrazine groups is 2. The number of allylic oxidation sites excluding steroid dienone is 1. The van der Waals surface area contributed by atoms with Crippen LogP contribution in [0, 0.1) is 36.5 Å². The van der Waals surface area contributed by atoms with Crippen molar-refractivity contribution < 1.29 is 0 Å². The van der Waals surface area contributed by atoms with Gasteiger partial charge in [0.25, 0.3) is 0 Å². The summed E-state index contributed by atoms with van der Waals surface area (Å²) >= 11 is 3.02. The second kappa shape index (κ2) is 13.0. The summed E-state index contributed by atoms with van der Waals surface area (Å²) in [6.45, 7) is 6.31. The molecular weight excluding hydrogens is 553 g/mol. The molecule has 10 nitrogen and oxygen atoms in total. The maximum Gasteiger partial charge on any atom is 0.230 e. The van der Waals surface area contributed by atoms with Gasteiger partial charge in [0.1, 0.15) is 22.7 Å². The van der Waals surface area contributed by atoms with Crippen LogP contribution in [0.25, 0.3) is 6.08 Å². The van der Waals surface area contributed by atoms with Gasteiger partial charge in [0.15, 0.2) is 0 Å². The number of azo groups is 1. The summed E-state index contributed by atoms with van der Waals surface area (Å²) in [4.78, 5) is 7.29. The Morgan fingerprint density at radius 3 is 2.34 bits per heavy atom. The van der Waals surface area contributed by atoms with E-state index in [0.29, 0.717) is 10.0 Å². The van der Waals surface area contributed by atoms with Crippen LogP contribution in [-0.4, -0.2) is 18.1 Å². The number of anilines is 5. The van der Waals surface area contributed by atoms with Crippen molar-refractivity contribution in [3.63, 3.8) is 0 Å². The summed E-state index contributed by atoms with van der Waals surface area (Å²) in [5.74, 6) is 0. The van der Waals surface area contributed by atoms with Crippen LogP contribution in [0.5, 0.6) is 0 Å². The van der Waals surface area contributed by atoms with Crippen LogP contribution in [0.2, 0.25) is 0 Å². The lowest BCUT2D eigenvalue weighted by Gasteiger charge is -2.15. The Hall–Kier alpha value is -4.91. The summed E-state index contributed by atoms with van der Waals surface area (Å²) < 4.78 is 0. The summed E-state index contributed by atoms with van der Waals surface area (Å²) in [6, 6.07) is 19.9. The molecule has 0 radical (unpaired) electrons. The molecule has 1 saturated heterocycles. The van der Waals surface area contributed by atoms with Crippen LogP contribution in [0.3, 0.4) is 0 Å². The SMILES string of the molecule is Cc1cc(NNc2ccc(NNc3ccc(N4CCCC4)s3)cc2C)ccc1N=Nc1ncc(C=C(C#N)C#N)s1. The molecule has 0 unspecified atom stereocenters. The lowest BCUT2D eigenvalue weighted by atomic mass is 10.2. The number of nitriles is 2. The van der Waals surface area contributed by atoms with E-state index in [9.17, 15) is 0 Å². The minimum atomic E-state index is 0.0184. The third-order valence-corrected chi connectivity index (χ3v) is 8.28. The zero-order valence-corrected chi connectivity index (χ0v) is 24.2. The standard InChI is InChI=1S/C29H28N10S2/c1-19-14-23(34-37-27-9-10-28(41-27)39-11-3-4-12-39)6-7-25(19)35-33-22-5-8-26(20(2)13-22)36-38-29-32-18-24(40-29)15-21(16-30)17-31/h5-10,13-15,18,33-35,37H,3-4,11-12H2,1-2H3. The van der Waals surface area contributed by atoms with Crippen molar-refractivity contribution in [3.8, 4) is 12.1 Å². The number of hydrogen-bond donors (Lipinski definition) is 4. The summed E-state index contributed by atoms with van der Waals surface area (Å²) in [6.07, 6.45) is 5.59. The molecule has 2 aromatic heterocycles. The first-order valence-electron chi connectivity index (χ1n) is 13.0. The highest BCUT2D eigenvalue weighted by atomic mass is 32.1. The Labute approximate surface area is 246 Å². The Morgan fingerprint density at radius 1 is 0.878 bits per heavy atom. The zero-order chi connectivity index (χ0) is 28.6. The lowest BCUT2D eigenvalue weighted by molar-refractivity contribution is 0.949. The molecule has 0 bridgehead atoms. The van der Waals surface area contributed by atoms with Gasteiger partial charge in [-0.05, 0) is 92.4 Å². The molecular formula is C29H28N10S2. The molecule has 4 aromatic rings. The van der Waals surface area contributed by atoms with E-state index >= 15 is 0 Å². The number of thiophene rings is 1. The normalized spacial score (nSPS) is 12.5. The van der Waals surface area contributed by atoms with Crippen molar-refractivity contribution in [1.29, 1.82) is 10.5 Å². The largest absolute Gasteiger partial charge is 0.363 e. The van der Waals surface area contributed by atoms with Gasteiger partial charge in [-0.3, -0.25) is 5.43 Å². The van der Waals surface area contributed by atoms with Crippen molar-refractivity contribution >= 4 is 66.6 Å². The predicted octanol–water partition coefficient (Wildman–Crippen LogP) is 8.15. The number of nitrogens with zero attached hydrogens (tertiary/aromatic N) is 6. The summed E-state index contributed by atoms with van der Waals surface area (Å²) in [5.41, 5.74) is 18.8. The zero-order valence-electron chi connectivity index (χ0n) is 22.6. The van der Waals surface area contributed by atoms with E-state index in [1.807, 2.05) is 49.4 Å². The van der Waals surface area contributed by atoms with Gasteiger partial charge in [-0.2, -0.15) is 10.5 Å². The van der Waals surface area contributed by atoms with Gasteiger partial charge < -0.3 is 21.2 Å². The fourth-order valence-corrected chi connectivity index (χ4v) is 5.81. The fourth-order valence-electron chi connectivity index (χ4n) is 4.22. The molecule has 206 valence electrons. The third kappa shape index (κ3) is 7.19. The molecule has 0 spiro atoms. The van der Waals surface area contributed by atoms with Gasteiger partial charge in [0.05, 0.1) is 32.6 Å². The first-order valence-corrected chi connectivity index (χ1v) is 14.6. The van der Waals surface area contributed by atoms with Gasteiger partial charge in [-0.1, -0.05) is 22.7 Å². The molecule has 41 heavy (non-hydrogen) atoms. The van der Waals surface area contributed by atoms with Crippen LogP contribution in [-0.2, 0) is 0 Å². The smallest absolute Gasteiger partial charge is 0.230 e. The van der Waals surface area contributed by atoms with E-state index < -0.39 is 0 Å². The van der Waals surface area contributed by atoms with Crippen LogP contribution in [0.15, 0.2) is 70.5 Å². The van der Waals surface area contributed by atoms with Crippen molar-refractivity contribution in [2.24, 2.45) is 10.2 Å². The average Bonchev–Trinajstić information content (AvgIpc) is 3.76. The van der Waals surface area contributed by atoms with Crippen molar-refractivity contribution in [3.05, 3.63) is 76.3 Å². The number of nitrogens with one attached hydrogen (secondary N) is 4.